The topological polar surface area (TPSA) is 72.2 Å². The summed E-state index contributed by atoms with van der Waals surface area (Å²) in [5, 5.41) is 10.2. The van der Waals surface area contributed by atoms with E-state index in [-0.39, 0.29) is 61.1 Å². The molecule has 4 rings (SSSR count). The number of carbonyl (C=O) groups is 1. The number of phenols is 1. The third-order valence-corrected chi connectivity index (χ3v) is 5.67. The second-order valence-corrected chi connectivity index (χ2v) is 6.89. The van der Waals surface area contributed by atoms with Crippen molar-refractivity contribution in [3.05, 3.63) is 44.5 Å². The Morgan fingerprint density at radius 3 is 3.00 bits per heavy atom. The van der Waals surface area contributed by atoms with Gasteiger partial charge in [0.15, 0.2) is 5.82 Å². The van der Waals surface area contributed by atoms with Crippen molar-refractivity contribution in [2.75, 3.05) is 0 Å². The fourth-order valence-electron chi connectivity index (χ4n) is 2.70. The third kappa shape index (κ3) is 1.42. The molecule has 0 bridgehead atoms. The molecule has 0 aliphatic carbocycles. The molecule has 0 spiro atoms. The van der Waals surface area contributed by atoms with Gasteiger partial charge in [-0.1, -0.05) is 32.9 Å². The minimum absolute atomic E-state index is 0.0716. The van der Waals surface area contributed by atoms with E-state index in [9.17, 15) is 14.7 Å². The Balaban J connectivity index is 2.14. The van der Waals surface area contributed by atoms with E-state index < -0.39 is 0 Å². The number of fused-ring (bicyclic) bond motifs is 4. The van der Waals surface area contributed by atoms with Crippen LogP contribution in [0.2, 0.25) is 0 Å². The maximum atomic E-state index is 12.6. The van der Waals surface area contributed by atoms with Crippen LogP contribution in [-0.2, 0) is 0 Å². The van der Waals surface area contributed by atoms with Crippen LogP contribution in [-0.4, -0.2) is 24.5 Å². The number of nitrogens with zero attached hydrogens (tertiary/aromatic N) is 2. The van der Waals surface area contributed by atoms with Crippen molar-refractivity contribution in [2.24, 2.45) is 5.92 Å². The summed E-state index contributed by atoms with van der Waals surface area (Å²) in [5.41, 5.74) is -0.0608. The first-order valence-electron chi connectivity index (χ1n) is 6.09. The third-order valence-electron chi connectivity index (χ3n) is 3.65. The number of benzene rings is 1. The van der Waals surface area contributed by atoms with Crippen LogP contribution in [0, 0.1) is 5.92 Å². The van der Waals surface area contributed by atoms with Gasteiger partial charge in [0, 0.05) is 0 Å². The van der Waals surface area contributed by atoms with Crippen molar-refractivity contribution in [1.29, 1.82) is 0 Å². The first-order valence-corrected chi connectivity index (χ1v) is 8.58. The van der Waals surface area contributed by atoms with Crippen LogP contribution in [0.1, 0.15) is 16.7 Å². The number of allylic oxidation sites excluding steroid dienone is 1. The molecule has 1 aromatic carbocycles. The van der Waals surface area contributed by atoms with Gasteiger partial charge in [-0.2, -0.15) is 0 Å². The Labute approximate surface area is 123 Å². The van der Waals surface area contributed by atoms with Gasteiger partial charge in [0.05, 0.1) is 17.3 Å². The molecule has 2 atom stereocenters. The molecule has 2 unspecified atom stereocenters. The molecular formula is C14H9IN2O3. The fourth-order valence-corrected chi connectivity index (χ4v) is 4.80. The summed E-state index contributed by atoms with van der Waals surface area (Å²) >= 11 is -0.224. The molecule has 100 valence electrons. The Bertz CT molecular complexity index is 882. The van der Waals surface area contributed by atoms with Gasteiger partial charge in [0.2, 0.25) is 5.78 Å². The number of phenolic OH excluding ortho intramolecular Hbond substituents is 1. The lowest BCUT2D eigenvalue weighted by Gasteiger charge is -2.15. The van der Waals surface area contributed by atoms with Crippen LogP contribution in [0.5, 0.6) is 5.75 Å². The average Bonchev–Trinajstić information content (AvgIpc) is 2.75. The zero-order chi connectivity index (χ0) is 13.9. The van der Waals surface area contributed by atoms with Crippen LogP contribution in [0.25, 0.3) is 10.9 Å². The number of aromatic hydroxyl groups is 1. The zero-order valence-electron chi connectivity index (χ0n) is 10.2. The normalized spacial score (nSPS) is 23.5. The Morgan fingerprint density at radius 1 is 1.30 bits per heavy atom. The number of hydrogen-bond donors (Lipinski definition) is 1. The minimum atomic E-state index is -0.271. The molecule has 0 saturated carbocycles. The van der Waals surface area contributed by atoms with Crippen LogP contribution in [0.15, 0.2) is 33.2 Å². The predicted octanol–water partition coefficient (Wildman–Crippen LogP) is 1.76. The van der Waals surface area contributed by atoms with Crippen molar-refractivity contribution >= 4 is 41.4 Å². The number of ketones is 1. The molecule has 0 saturated heterocycles. The number of halogens is 1. The van der Waals surface area contributed by atoms with Crippen molar-refractivity contribution in [3.63, 3.8) is 0 Å². The molecule has 5 nitrogen and oxygen atoms in total. The van der Waals surface area contributed by atoms with E-state index in [0.29, 0.717) is 5.39 Å². The first-order chi connectivity index (χ1) is 9.68. The molecular weight excluding hydrogens is 371 g/mol. The number of rotatable bonds is 0. The lowest BCUT2D eigenvalue weighted by molar-refractivity contribution is 0.0963. The highest BCUT2D eigenvalue weighted by Gasteiger charge is 2.40. The highest BCUT2D eigenvalue weighted by Crippen LogP contribution is 2.35. The molecule has 1 N–H and O–H groups in total. The first kappa shape index (κ1) is 12.0. The fraction of sp³-hybridized carbons (Fsp3) is 0.143. The number of hydrogen-bond acceptors (Lipinski definition) is 4. The molecule has 6 heteroatoms. The monoisotopic (exact) mass is 380 g/mol. The van der Waals surface area contributed by atoms with Crippen molar-refractivity contribution < 1.29 is 9.90 Å². The minimum Gasteiger partial charge on any atom is -0.506 e. The number of aromatic nitrogens is 2. The smallest absolute Gasteiger partial charge is 0.262 e. The van der Waals surface area contributed by atoms with E-state index in [1.807, 2.05) is 10.1 Å². The molecule has 0 radical (unpaired) electrons. The van der Waals surface area contributed by atoms with E-state index >= 15 is 0 Å². The predicted molar refractivity (Wildman–Crippen MR) is 83.7 cm³/mol. The van der Waals surface area contributed by atoms with Crippen LogP contribution in [0.3, 0.4) is 0 Å². The summed E-state index contributed by atoms with van der Waals surface area (Å²) in [6, 6.07) is 4.45. The average molecular weight is 380 g/mol. The molecule has 2 aromatic rings. The molecule has 0 fully saturated rings. The lowest BCUT2D eigenvalue weighted by Crippen LogP contribution is -2.25. The standard InChI is InChI=1S/C14H9IN2O3/c18-10-3-1-2-7-11(10)16-13-12(19)8-6-15-5-4-9(8)17(13)14(7)20/h1-6,8-9,18H. The SMILES string of the molecule is O=C1c2nc3c(O)cccc3c(=O)n2C2C=CI=CC12. The van der Waals surface area contributed by atoms with E-state index in [4.69, 9.17) is 0 Å². The lowest BCUT2D eigenvalue weighted by atomic mass is 10.0. The van der Waals surface area contributed by atoms with Crippen LogP contribution >= 0.6 is 20.7 Å². The van der Waals surface area contributed by atoms with Gasteiger partial charge in [-0.15, -0.1) is 0 Å². The van der Waals surface area contributed by atoms with E-state index in [1.54, 1.807) is 12.1 Å². The molecule has 2 aliphatic rings. The molecule has 3 heterocycles. The molecule has 0 amide bonds. The number of Topliss-reactive ketones (excluding diaryl/α,β-unsaturated/α-hetero) is 1. The van der Waals surface area contributed by atoms with Crippen LogP contribution in [0.4, 0.5) is 0 Å². The second-order valence-electron chi connectivity index (χ2n) is 4.73. The van der Waals surface area contributed by atoms with E-state index in [1.165, 1.54) is 10.6 Å². The maximum Gasteiger partial charge on any atom is 0.262 e. The molecule has 2 aliphatic heterocycles. The van der Waals surface area contributed by atoms with Gasteiger partial charge >= 0.3 is 0 Å². The van der Waals surface area contributed by atoms with Gasteiger partial charge in [0.25, 0.3) is 5.56 Å². The largest absolute Gasteiger partial charge is 0.506 e. The van der Waals surface area contributed by atoms with Gasteiger partial charge in [0.1, 0.15) is 11.3 Å². The van der Waals surface area contributed by atoms with Crippen molar-refractivity contribution in [2.45, 2.75) is 6.04 Å². The number of para-hydroxylation sites is 1. The maximum absolute atomic E-state index is 12.6. The highest BCUT2D eigenvalue weighted by atomic mass is 127. The second kappa shape index (κ2) is 4.08. The summed E-state index contributed by atoms with van der Waals surface area (Å²) in [6.07, 6.45) is 1.93. The number of carbonyl (C=O) groups excluding carboxylic acids is 1. The van der Waals surface area contributed by atoms with E-state index in [2.05, 4.69) is 9.07 Å². The summed E-state index contributed by atoms with van der Waals surface area (Å²) in [6.45, 7) is 0. The molecule has 1 aromatic heterocycles. The highest BCUT2D eigenvalue weighted by molar-refractivity contribution is 14.2. The Kier molecular flexibility index (Phi) is 2.44. The summed E-state index contributed by atoms with van der Waals surface area (Å²) < 4.78 is 5.54. The summed E-state index contributed by atoms with van der Waals surface area (Å²) in [5.74, 6) is -0.309. The van der Waals surface area contributed by atoms with Crippen LogP contribution < -0.4 is 5.56 Å². The summed E-state index contributed by atoms with van der Waals surface area (Å²) in [7, 11) is 0. The summed E-state index contributed by atoms with van der Waals surface area (Å²) in [4.78, 5) is 29.2. The van der Waals surface area contributed by atoms with Gasteiger partial charge in [-0.3, -0.25) is 14.2 Å². The van der Waals surface area contributed by atoms with Crippen molar-refractivity contribution in [3.8, 4) is 5.75 Å². The van der Waals surface area contributed by atoms with E-state index in [0.717, 1.165) is 0 Å². The Hall–Kier alpha value is -1.83. The van der Waals surface area contributed by atoms with Gasteiger partial charge in [-0.25, -0.2) is 4.98 Å². The molecule has 20 heavy (non-hydrogen) atoms. The zero-order valence-corrected chi connectivity index (χ0v) is 12.3. The van der Waals surface area contributed by atoms with Crippen molar-refractivity contribution in [1.82, 2.24) is 9.55 Å². The Morgan fingerprint density at radius 2 is 2.15 bits per heavy atom. The van der Waals surface area contributed by atoms with Gasteiger partial charge in [-0.05, 0) is 20.2 Å². The van der Waals surface area contributed by atoms with Gasteiger partial charge < -0.3 is 5.11 Å². The quantitative estimate of drug-likeness (QED) is 0.708.